The normalized spacial score (nSPS) is 10.0. The molecule has 0 fully saturated rings. The number of hydrogen-bond acceptors (Lipinski definition) is 2. The Morgan fingerprint density at radius 3 is 2.89 bits per heavy atom. The summed E-state index contributed by atoms with van der Waals surface area (Å²) in [6, 6.07) is 1.98. The van der Waals surface area contributed by atoms with Gasteiger partial charge in [-0.05, 0) is 23.4 Å². The quantitative estimate of drug-likeness (QED) is 0.667. The summed E-state index contributed by atoms with van der Waals surface area (Å²) in [5.74, 6) is 0. The van der Waals surface area contributed by atoms with Crippen molar-refractivity contribution in [3.05, 3.63) is 21.9 Å². The summed E-state index contributed by atoms with van der Waals surface area (Å²) in [6.45, 7) is 2.29. The maximum Gasteiger partial charge on any atom is 0.0692 e. The van der Waals surface area contributed by atoms with Gasteiger partial charge in [-0.2, -0.15) is 0 Å². The lowest BCUT2D eigenvalue weighted by Gasteiger charge is -1.92. The van der Waals surface area contributed by atoms with E-state index in [9.17, 15) is 0 Å². The van der Waals surface area contributed by atoms with E-state index < -0.39 is 0 Å². The lowest BCUT2D eigenvalue weighted by molar-refractivity contribution is 0.281. The molecule has 1 aromatic rings. The highest BCUT2D eigenvalue weighted by Gasteiger charge is 1.97. The molecule has 0 saturated carbocycles. The minimum absolute atomic E-state index is 0.187. The molecule has 1 aromatic heterocycles. The molecule has 0 bridgehead atoms. The van der Waals surface area contributed by atoms with Gasteiger partial charge < -0.3 is 5.11 Å². The van der Waals surface area contributed by atoms with Crippen LogP contribution in [0.4, 0.5) is 0 Å². The molecule has 0 spiro atoms. The number of hydrogen-bond donors (Lipinski definition) is 1. The molecule has 0 unspecified atom stereocenters. The Hall–Kier alpha value is -0.340. The Kier molecular flexibility index (Phi) is 2.25. The zero-order chi connectivity index (χ0) is 6.69. The standard InChI is InChI=1S/C7H10OS/c1-2-7-6(5-8)3-4-9-7/h3-4,8H,2,5H2,1H3. The van der Waals surface area contributed by atoms with Crippen molar-refractivity contribution in [1.29, 1.82) is 0 Å². The van der Waals surface area contributed by atoms with Crippen LogP contribution in [-0.2, 0) is 13.0 Å². The summed E-state index contributed by atoms with van der Waals surface area (Å²) >= 11 is 1.71. The first kappa shape index (κ1) is 6.78. The summed E-state index contributed by atoms with van der Waals surface area (Å²) in [6.07, 6.45) is 1.04. The molecule has 0 radical (unpaired) electrons. The molecule has 0 amide bonds. The molecule has 2 heteroatoms. The molecular formula is C7H10OS. The SMILES string of the molecule is CCc1sccc1CO. The summed E-state index contributed by atoms with van der Waals surface area (Å²) < 4.78 is 0. The summed E-state index contributed by atoms with van der Waals surface area (Å²) in [7, 11) is 0. The fourth-order valence-electron chi connectivity index (χ4n) is 0.818. The van der Waals surface area contributed by atoms with Gasteiger partial charge in [0.1, 0.15) is 0 Å². The van der Waals surface area contributed by atoms with Crippen molar-refractivity contribution in [3.8, 4) is 0 Å². The number of aryl methyl sites for hydroxylation is 1. The second-order valence-electron chi connectivity index (χ2n) is 1.88. The van der Waals surface area contributed by atoms with Gasteiger partial charge in [0.25, 0.3) is 0 Å². The maximum absolute atomic E-state index is 8.75. The average molecular weight is 142 g/mol. The van der Waals surface area contributed by atoms with Crippen LogP contribution >= 0.6 is 11.3 Å². The van der Waals surface area contributed by atoms with Crippen LogP contribution in [0.1, 0.15) is 17.4 Å². The topological polar surface area (TPSA) is 20.2 Å². The molecule has 0 saturated heterocycles. The Morgan fingerprint density at radius 2 is 2.44 bits per heavy atom. The first-order valence-corrected chi connectivity index (χ1v) is 3.92. The first-order valence-electron chi connectivity index (χ1n) is 3.04. The van der Waals surface area contributed by atoms with Crippen molar-refractivity contribution < 1.29 is 5.11 Å². The van der Waals surface area contributed by atoms with Gasteiger partial charge in [-0.15, -0.1) is 11.3 Å². The molecule has 1 N–H and O–H groups in total. The fraction of sp³-hybridized carbons (Fsp3) is 0.429. The molecule has 1 heterocycles. The number of aliphatic hydroxyl groups excluding tert-OH is 1. The van der Waals surface area contributed by atoms with E-state index in [1.165, 1.54) is 4.88 Å². The molecule has 1 nitrogen and oxygen atoms in total. The third-order valence-corrected chi connectivity index (χ3v) is 2.44. The van der Waals surface area contributed by atoms with Crippen molar-refractivity contribution in [2.24, 2.45) is 0 Å². The summed E-state index contributed by atoms with van der Waals surface area (Å²) in [4.78, 5) is 1.30. The minimum atomic E-state index is 0.187. The van der Waals surface area contributed by atoms with Gasteiger partial charge in [-0.25, -0.2) is 0 Å². The fourth-order valence-corrected chi connectivity index (χ4v) is 1.67. The van der Waals surface area contributed by atoms with E-state index in [2.05, 4.69) is 6.92 Å². The van der Waals surface area contributed by atoms with Crippen LogP contribution < -0.4 is 0 Å². The predicted octanol–water partition coefficient (Wildman–Crippen LogP) is 1.80. The molecule has 0 aliphatic heterocycles. The molecule has 0 atom stereocenters. The van der Waals surface area contributed by atoms with E-state index in [-0.39, 0.29) is 6.61 Å². The molecule has 0 aliphatic carbocycles. The van der Waals surface area contributed by atoms with Gasteiger partial charge in [0, 0.05) is 4.88 Å². The van der Waals surface area contributed by atoms with E-state index in [0.29, 0.717) is 0 Å². The summed E-state index contributed by atoms with van der Waals surface area (Å²) in [5, 5.41) is 10.8. The molecule has 1 rings (SSSR count). The van der Waals surface area contributed by atoms with Crippen LogP contribution in [0.2, 0.25) is 0 Å². The van der Waals surface area contributed by atoms with Crippen molar-refractivity contribution >= 4 is 11.3 Å². The van der Waals surface area contributed by atoms with Crippen molar-refractivity contribution in [3.63, 3.8) is 0 Å². The van der Waals surface area contributed by atoms with Crippen LogP contribution in [-0.4, -0.2) is 5.11 Å². The average Bonchev–Trinajstić information content (AvgIpc) is 2.33. The first-order chi connectivity index (χ1) is 4.38. The lowest BCUT2D eigenvalue weighted by atomic mass is 10.2. The van der Waals surface area contributed by atoms with E-state index >= 15 is 0 Å². The molecule has 0 aliphatic rings. The van der Waals surface area contributed by atoms with Crippen LogP contribution in [0.3, 0.4) is 0 Å². The highest BCUT2D eigenvalue weighted by molar-refractivity contribution is 7.10. The maximum atomic E-state index is 8.75. The zero-order valence-corrected chi connectivity index (χ0v) is 6.24. The van der Waals surface area contributed by atoms with Crippen LogP contribution in [0.5, 0.6) is 0 Å². The third kappa shape index (κ3) is 1.32. The predicted molar refractivity (Wildman–Crippen MR) is 39.6 cm³/mol. The molecule has 0 aromatic carbocycles. The second kappa shape index (κ2) is 2.99. The second-order valence-corrected chi connectivity index (χ2v) is 2.88. The van der Waals surface area contributed by atoms with E-state index in [1.54, 1.807) is 11.3 Å². The van der Waals surface area contributed by atoms with Crippen molar-refractivity contribution in [2.45, 2.75) is 20.0 Å². The van der Waals surface area contributed by atoms with Gasteiger partial charge in [0.05, 0.1) is 6.61 Å². The third-order valence-electron chi connectivity index (χ3n) is 1.33. The Labute approximate surface area is 59.0 Å². The highest BCUT2D eigenvalue weighted by atomic mass is 32.1. The van der Waals surface area contributed by atoms with Crippen LogP contribution in [0.25, 0.3) is 0 Å². The van der Waals surface area contributed by atoms with Gasteiger partial charge in [0.2, 0.25) is 0 Å². The molecular weight excluding hydrogens is 132 g/mol. The van der Waals surface area contributed by atoms with Crippen molar-refractivity contribution in [2.75, 3.05) is 0 Å². The van der Waals surface area contributed by atoms with Gasteiger partial charge >= 0.3 is 0 Å². The Balaban J connectivity index is 2.85. The van der Waals surface area contributed by atoms with Gasteiger partial charge in [-0.1, -0.05) is 6.92 Å². The van der Waals surface area contributed by atoms with Crippen LogP contribution in [0, 0.1) is 0 Å². The molecule has 50 valence electrons. The number of aliphatic hydroxyl groups is 1. The number of rotatable bonds is 2. The Bertz CT molecular complexity index is 162. The van der Waals surface area contributed by atoms with E-state index in [4.69, 9.17) is 5.11 Å². The Morgan fingerprint density at radius 1 is 1.67 bits per heavy atom. The van der Waals surface area contributed by atoms with Gasteiger partial charge in [-0.3, -0.25) is 0 Å². The summed E-state index contributed by atoms with van der Waals surface area (Å²) in [5.41, 5.74) is 1.09. The smallest absolute Gasteiger partial charge is 0.0692 e. The largest absolute Gasteiger partial charge is 0.392 e. The lowest BCUT2D eigenvalue weighted by Crippen LogP contribution is -1.83. The van der Waals surface area contributed by atoms with Gasteiger partial charge in [0.15, 0.2) is 0 Å². The minimum Gasteiger partial charge on any atom is -0.392 e. The van der Waals surface area contributed by atoms with E-state index in [1.807, 2.05) is 11.4 Å². The molecule has 9 heavy (non-hydrogen) atoms. The monoisotopic (exact) mass is 142 g/mol. The zero-order valence-electron chi connectivity index (χ0n) is 5.42. The van der Waals surface area contributed by atoms with E-state index in [0.717, 1.165) is 12.0 Å². The van der Waals surface area contributed by atoms with Crippen molar-refractivity contribution in [1.82, 2.24) is 0 Å². The highest BCUT2D eigenvalue weighted by Crippen LogP contribution is 2.16. The van der Waals surface area contributed by atoms with Crippen LogP contribution in [0.15, 0.2) is 11.4 Å². The number of thiophene rings is 1.